The molecule has 1 aromatic heterocycles. The second-order valence-corrected chi connectivity index (χ2v) is 5.41. The van der Waals surface area contributed by atoms with Crippen LogP contribution >= 0.6 is 0 Å². The summed E-state index contributed by atoms with van der Waals surface area (Å²) in [5.74, 6) is 0.956. The van der Waals surface area contributed by atoms with E-state index in [-0.39, 0.29) is 0 Å². The first-order valence-electron chi connectivity index (χ1n) is 7.52. The van der Waals surface area contributed by atoms with Gasteiger partial charge in [0.1, 0.15) is 5.82 Å². The van der Waals surface area contributed by atoms with Crippen LogP contribution in [0, 0.1) is 0 Å². The van der Waals surface area contributed by atoms with Crippen molar-refractivity contribution in [3.63, 3.8) is 0 Å². The lowest BCUT2D eigenvalue weighted by Gasteiger charge is -2.37. The van der Waals surface area contributed by atoms with E-state index in [0.717, 1.165) is 32.0 Å². The van der Waals surface area contributed by atoms with Crippen LogP contribution in [0.15, 0.2) is 42.6 Å². The fraction of sp³-hybridized carbons (Fsp3) is 0.353. The number of aromatic nitrogens is 1. The fourth-order valence-corrected chi connectivity index (χ4v) is 2.80. The van der Waals surface area contributed by atoms with Gasteiger partial charge in [-0.05, 0) is 36.8 Å². The number of para-hydroxylation sites is 2. The Bertz CT molecular complexity index is 611. The van der Waals surface area contributed by atoms with E-state index < -0.39 is 0 Å². The molecular formula is C17H22N4. The van der Waals surface area contributed by atoms with Crippen molar-refractivity contribution in [3.8, 4) is 0 Å². The SMILES string of the molecule is CCNc1cc(CN2CCN(C)c3ccccc32)ccn1. The molecule has 0 saturated heterocycles. The van der Waals surface area contributed by atoms with E-state index in [0.29, 0.717) is 0 Å². The summed E-state index contributed by atoms with van der Waals surface area (Å²) in [4.78, 5) is 9.11. The molecule has 0 spiro atoms. The van der Waals surface area contributed by atoms with Crippen molar-refractivity contribution >= 4 is 17.2 Å². The minimum atomic E-state index is 0.897. The summed E-state index contributed by atoms with van der Waals surface area (Å²) in [7, 11) is 2.16. The molecular weight excluding hydrogens is 260 g/mol. The van der Waals surface area contributed by atoms with Gasteiger partial charge < -0.3 is 15.1 Å². The van der Waals surface area contributed by atoms with Gasteiger partial charge in [-0.1, -0.05) is 12.1 Å². The lowest BCUT2D eigenvalue weighted by molar-refractivity contribution is 0.734. The van der Waals surface area contributed by atoms with Gasteiger partial charge in [-0.15, -0.1) is 0 Å². The fourth-order valence-electron chi connectivity index (χ4n) is 2.80. The molecule has 0 bridgehead atoms. The predicted molar refractivity (Wildman–Crippen MR) is 89.2 cm³/mol. The van der Waals surface area contributed by atoms with E-state index in [1.165, 1.54) is 16.9 Å². The summed E-state index contributed by atoms with van der Waals surface area (Å²) in [6, 6.07) is 12.9. The van der Waals surface area contributed by atoms with Crippen molar-refractivity contribution in [1.29, 1.82) is 0 Å². The second-order valence-electron chi connectivity index (χ2n) is 5.41. The van der Waals surface area contributed by atoms with Crippen LogP contribution in [0.5, 0.6) is 0 Å². The average molecular weight is 282 g/mol. The van der Waals surface area contributed by atoms with Crippen LogP contribution in [0.1, 0.15) is 12.5 Å². The Labute approximate surface area is 126 Å². The topological polar surface area (TPSA) is 31.4 Å². The highest BCUT2D eigenvalue weighted by Gasteiger charge is 2.19. The van der Waals surface area contributed by atoms with Crippen molar-refractivity contribution < 1.29 is 0 Å². The van der Waals surface area contributed by atoms with Gasteiger partial charge in [0.05, 0.1) is 11.4 Å². The van der Waals surface area contributed by atoms with Crippen LogP contribution in [0.25, 0.3) is 0 Å². The zero-order valence-corrected chi connectivity index (χ0v) is 12.7. The van der Waals surface area contributed by atoms with Crippen molar-refractivity contribution in [2.24, 2.45) is 0 Å². The van der Waals surface area contributed by atoms with Crippen molar-refractivity contribution in [2.45, 2.75) is 13.5 Å². The molecule has 21 heavy (non-hydrogen) atoms. The van der Waals surface area contributed by atoms with Gasteiger partial charge in [0.15, 0.2) is 0 Å². The smallest absolute Gasteiger partial charge is 0.126 e. The average Bonchev–Trinajstić information content (AvgIpc) is 2.51. The van der Waals surface area contributed by atoms with E-state index >= 15 is 0 Å². The lowest BCUT2D eigenvalue weighted by Crippen LogP contribution is -2.38. The maximum atomic E-state index is 4.34. The Morgan fingerprint density at radius 1 is 1.14 bits per heavy atom. The molecule has 4 nitrogen and oxygen atoms in total. The van der Waals surface area contributed by atoms with Gasteiger partial charge in [-0.25, -0.2) is 4.98 Å². The zero-order chi connectivity index (χ0) is 14.7. The molecule has 1 aliphatic heterocycles. The normalized spacial score (nSPS) is 14.0. The summed E-state index contributed by atoms with van der Waals surface area (Å²) in [6.45, 7) is 6.01. The number of anilines is 3. The maximum Gasteiger partial charge on any atom is 0.126 e. The van der Waals surface area contributed by atoms with E-state index in [1.54, 1.807) is 0 Å². The van der Waals surface area contributed by atoms with Crippen LogP contribution in [0.3, 0.4) is 0 Å². The molecule has 2 aromatic rings. The number of pyridine rings is 1. The van der Waals surface area contributed by atoms with Gasteiger partial charge in [-0.2, -0.15) is 0 Å². The summed E-state index contributed by atoms with van der Waals surface area (Å²) in [5, 5.41) is 3.27. The molecule has 1 N–H and O–H groups in total. The highest BCUT2D eigenvalue weighted by Crippen LogP contribution is 2.32. The molecule has 0 radical (unpaired) electrons. The Balaban J connectivity index is 1.82. The van der Waals surface area contributed by atoms with E-state index in [1.807, 2.05) is 6.20 Å². The molecule has 0 saturated carbocycles. The van der Waals surface area contributed by atoms with Crippen molar-refractivity contribution in [2.75, 3.05) is 41.8 Å². The lowest BCUT2D eigenvalue weighted by atomic mass is 10.1. The largest absolute Gasteiger partial charge is 0.371 e. The highest BCUT2D eigenvalue weighted by molar-refractivity contribution is 5.73. The van der Waals surface area contributed by atoms with Crippen LogP contribution in [-0.2, 0) is 6.54 Å². The molecule has 110 valence electrons. The van der Waals surface area contributed by atoms with Crippen LogP contribution in [0.2, 0.25) is 0 Å². The number of hydrogen-bond donors (Lipinski definition) is 1. The molecule has 2 heterocycles. The molecule has 0 atom stereocenters. The van der Waals surface area contributed by atoms with E-state index in [2.05, 4.69) is 70.5 Å². The third-order valence-electron chi connectivity index (χ3n) is 3.89. The molecule has 1 aromatic carbocycles. The molecule has 3 rings (SSSR count). The zero-order valence-electron chi connectivity index (χ0n) is 12.7. The first-order chi connectivity index (χ1) is 10.3. The molecule has 4 heteroatoms. The van der Waals surface area contributed by atoms with Crippen molar-refractivity contribution in [1.82, 2.24) is 4.98 Å². The Hall–Kier alpha value is -2.23. The van der Waals surface area contributed by atoms with Gasteiger partial charge in [0.25, 0.3) is 0 Å². The summed E-state index contributed by atoms with van der Waals surface area (Å²) >= 11 is 0. The summed E-state index contributed by atoms with van der Waals surface area (Å²) < 4.78 is 0. The number of rotatable bonds is 4. The first kappa shape index (κ1) is 13.7. The summed E-state index contributed by atoms with van der Waals surface area (Å²) in [6.07, 6.45) is 1.88. The van der Waals surface area contributed by atoms with Crippen molar-refractivity contribution in [3.05, 3.63) is 48.2 Å². The number of benzene rings is 1. The number of hydrogen-bond acceptors (Lipinski definition) is 4. The van der Waals surface area contributed by atoms with Gasteiger partial charge in [0.2, 0.25) is 0 Å². The monoisotopic (exact) mass is 282 g/mol. The third kappa shape index (κ3) is 2.94. The minimum absolute atomic E-state index is 0.897. The predicted octanol–water partition coefficient (Wildman–Crippen LogP) is 2.97. The highest BCUT2D eigenvalue weighted by atomic mass is 15.2. The second kappa shape index (κ2) is 6.04. The maximum absolute atomic E-state index is 4.34. The van der Waals surface area contributed by atoms with E-state index in [4.69, 9.17) is 0 Å². The Morgan fingerprint density at radius 3 is 2.76 bits per heavy atom. The quantitative estimate of drug-likeness (QED) is 0.934. The first-order valence-corrected chi connectivity index (χ1v) is 7.52. The minimum Gasteiger partial charge on any atom is -0.371 e. The van der Waals surface area contributed by atoms with Gasteiger partial charge >= 0.3 is 0 Å². The van der Waals surface area contributed by atoms with Crippen LogP contribution < -0.4 is 15.1 Å². The summed E-state index contributed by atoms with van der Waals surface area (Å²) in [5.41, 5.74) is 3.91. The molecule has 0 fully saturated rings. The van der Waals surface area contributed by atoms with Gasteiger partial charge in [-0.3, -0.25) is 0 Å². The number of likely N-dealkylation sites (N-methyl/N-ethyl adjacent to an activating group) is 1. The van der Waals surface area contributed by atoms with Gasteiger partial charge in [0, 0.05) is 39.4 Å². The Morgan fingerprint density at radius 2 is 1.95 bits per heavy atom. The standard InChI is InChI=1S/C17H22N4/c1-3-18-17-12-14(8-9-19-17)13-21-11-10-20(2)15-6-4-5-7-16(15)21/h4-9,12H,3,10-11,13H2,1-2H3,(H,18,19). The molecule has 0 amide bonds. The Kier molecular flexibility index (Phi) is 3.95. The molecule has 1 aliphatic rings. The molecule has 0 unspecified atom stereocenters. The third-order valence-corrected chi connectivity index (χ3v) is 3.89. The number of nitrogens with one attached hydrogen (secondary N) is 1. The molecule has 0 aliphatic carbocycles. The number of nitrogens with zero attached hydrogens (tertiary/aromatic N) is 3. The van der Waals surface area contributed by atoms with E-state index in [9.17, 15) is 0 Å². The number of fused-ring (bicyclic) bond motifs is 1. The van der Waals surface area contributed by atoms with Crippen LogP contribution in [-0.4, -0.2) is 31.7 Å². The van der Waals surface area contributed by atoms with Crippen LogP contribution in [0.4, 0.5) is 17.2 Å².